The van der Waals surface area contributed by atoms with E-state index in [2.05, 4.69) is 4.72 Å². The Labute approximate surface area is 159 Å². The van der Waals surface area contributed by atoms with Gasteiger partial charge in [-0.2, -0.15) is 0 Å². The molecule has 1 amide bonds. The van der Waals surface area contributed by atoms with E-state index in [0.717, 1.165) is 22.1 Å². The molecule has 5 nitrogen and oxygen atoms in total. The largest absolute Gasteiger partial charge is 0.497 e. The number of nitrogens with one attached hydrogen (secondary N) is 1. The van der Waals surface area contributed by atoms with Gasteiger partial charge in [-0.25, -0.2) is 13.1 Å². The first kappa shape index (κ1) is 18.9. The van der Waals surface area contributed by atoms with Crippen molar-refractivity contribution in [2.24, 2.45) is 0 Å². The highest BCUT2D eigenvalue weighted by Gasteiger charge is 2.24. The van der Waals surface area contributed by atoms with Gasteiger partial charge in [-0.1, -0.05) is 42.5 Å². The predicted octanol–water partition coefficient (Wildman–Crippen LogP) is 3.77. The monoisotopic (exact) mass is 383 g/mol. The summed E-state index contributed by atoms with van der Waals surface area (Å²) in [5, 5.41) is 1.94. The number of carbonyl (C=O) groups excluding carboxylic acids is 1. The maximum Gasteiger partial charge on any atom is 0.264 e. The molecular formula is C21H21NO4S. The SMILES string of the molecule is COc1ccc2cc(C(C)C(=O)NS(=O)(=O)c3ccccc3C)ccc2c1. The summed E-state index contributed by atoms with van der Waals surface area (Å²) >= 11 is 0. The number of sulfonamides is 1. The zero-order chi connectivity index (χ0) is 19.6. The quantitative estimate of drug-likeness (QED) is 0.728. The minimum absolute atomic E-state index is 0.108. The van der Waals surface area contributed by atoms with Crippen LogP contribution < -0.4 is 9.46 Å². The number of aryl methyl sites for hydroxylation is 1. The Balaban J connectivity index is 1.85. The smallest absolute Gasteiger partial charge is 0.264 e. The van der Waals surface area contributed by atoms with Gasteiger partial charge in [-0.15, -0.1) is 0 Å². The molecule has 0 aliphatic carbocycles. The van der Waals surface area contributed by atoms with E-state index < -0.39 is 21.8 Å². The van der Waals surface area contributed by atoms with Crippen molar-refractivity contribution >= 4 is 26.7 Å². The van der Waals surface area contributed by atoms with Crippen LogP contribution in [0, 0.1) is 6.92 Å². The molecule has 0 fully saturated rings. The predicted molar refractivity (Wildman–Crippen MR) is 105 cm³/mol. The zero-order valence-corrected chi connectivity index (χ0v) is 16.2. The van der Waals surface area contributed by atoms with Crippen molar-refractivity contribution in [3.8, 4) is 5.75 Å². The lowest BCUT2D eigenvalue weighted by molar-refractivity contribution is -0.120. The topological polar surface area (TPSA) is 72.5 Å². The maximum absolute atomic E-state index is 12.6. The lowest BCUT2D eigenvalue weighted by Crippen LogP contribution is -2.34. The third-order valence-electron chi connectivity index (χ3n) is 4.58. The Kier molecular flexibility index (Phi) is 5.19. The number of amides is 1. The second kappa shape index (κ2) is 7.40. The van der Waals surface area contributed by atoms with E-state index in [-0.39, 0.29) is 4.90 Å². The molecule has 1 atom stereocenters. The third-order valence-corrected chi connectivity index (χ3v) is 6.09. The first-order chi connectivity index (χ1) is 12.8. The fourth-order valence-corrected chi connectivity index (χ4v) is 4.22. The first-order valence-corrected chi connectivity index (χ1v) is 10.00. The minimum atomic E-state index is -3.91. The molecule has 0 saturated heterocycles. The molecule has 0 spiro atoms. The Morgan fingerprint density at radius 3 is 2.37 bits per heavy atom. The molecular weight excluding hydrogens is 362 g/mol. The Morgan fingerprint density at radius 2 is 1.67 bits per heavy atom. The van der Waals surface area contributed by atoms with Crippen LogP contribution in [0.4, 0.5) is 0 Å². The molecule has 0 heterocycles. The second-order valence-electron chi connectivity index (χ2n) is 6.43. The van der Waals surface area contributed by atoms with Crippen LogP contribution in [-0.4, -0.2) is 21.4 Å². The van der Waals surface area contributed by atoms with Gasteiger partial charge in [0.05, 0.1) is 17.9 Å². The van der Waals surface area contributed by atoms with Crippen molar-refractivity contribution in [3.63, 3.8) is 0 Å². The van der Waals surface area contributed by atoms with Crippen molar-refractivity contribution < 1.29 is 17.9 Å². The third kappa shape index (κ3) is 3.95. The van der Waals surface area contributed by atoms with Gasteiger partial charge in [0.25, 0.3) is 10.0 Å². The average molecular weight is 383 g/mol. The Bertz CT molecular complexity index is 1110. The fraction of sp³-hybridized carbons (Fsp3) is 0.190. The van der Waals surface area contributed by atoms with Gasteiger partial charge in [0.15, 0.2) is 0 Å². The zero-order valence-electron chi connectivity index (χ0n) is 15.4. The summed E-state index contributed by atoms with van der Waals surface area (Å²) in [5.74, 6) is -0.424. The Morgan fingerprint density at radius 1 is 1.00 bits per heavy atom. The van der Waals surface area contributed by atoms with Crippen molar-refractivity contribution in [1.82, 2.24) is 4.72 Å². The molecule has 1 N–H and O–H groups in total. The summed E-state index contributed by atoms with van der Waals surface area (Å²) < 4.78 is 32.5. The van der Waals surface area contributed by atoms with Crippen LogP contribution in [0.15, 0.2) is 65.6 Å². The van der Waals surface area contributed by atoms with Gasteiger partial charge < -0.3 is 4.74 Å². The van der Waals surface area contributed by atoms with Gasteiger partial charge in [0.2, 0.25) is 5.91 Å². The fourth-order valence-electron chi connectivity index (χ4n) is 2.92. The van der Waals surface area contributed by atoms with Crippen molar-refractivity contribution in [1.29, 1.82) is 0 Å². The highest BCUT2D eigenvalue weighted by atomic mass is 32.2. The summed E-state index contributed by atoms with van der Waals surface area (Å²) in [7, 11) is -2.30. The van der Waals surface area contributed by atoms with Crippen LogP contribution >= 0.6 is 0 Å². The number of benzene rings is 3. The van der Waals surface area contributed by atoms with Crippen LogP contribution in [-0.2, 0) is 14.8 Å². The lowest BCUT2D eigenvalue weighted by atomic mass is 9.97. The summed E-state index contributed by atoms with van der Waals surface area (Å²) in [6.45, 7) is 3.38. The molecule has 0 bridgehead atoms. The molecule has 0 radical (unpaired) electrons. The van der Waals surface area contributed by atoms with E-state index in [9.17, 15) is 13.2 Å². The van der Waals surface area contributed by atoms with Crippen molar-refractivity contribution in [2.75, 3.05) is 7.11 Å². The van der Waals surface area contributed by atoms with E-state index in [1.807, 2.05) is 36.4 Å². The van der Waals surface area contributed by atoms with Gasteiger partial charge in [0, 0.05) is 0 Å². The van der Waals surface area contributed by atoms with E-state index in [1.54, 1.807) is 39.2 Å². The standard InChI is InChI=1S/C21H21NO4S/c1-14-6-4-5-7-20(14)27(24,25)22-21(23)15(2)16-8-9-18-13-19(26-3)11-10-17(18)12-16/h4-13,15H,1-3H3,(H,22,23). The second-order valence-corrected chi connectivity index (χ2v) is 8.08. The van der Waals surface area contributed by atoms with Crippen molar-refractivity contribution in [3.05, 3.63) is 71.8 Å². The number of hydrogen-bond acceptors (Lipinski definition) is 4. The van der Waals surface area contributed by atoms with E-state index in [0.29, 0.717) is 5.56 Å². The summed E-state index contributed by atoms with van der Waals surface area (Å²) in [4.78, 5) is 12.7. The van der Waals surface area contributed by atoms with E-state index in [1.165, 1.54) is 6.07 Å². The minimum Gasteiger partial charge on any atom is -0.497 e. The van der Waals surface area contributed by atoms with Gasteiger partial charge >= 0.3 is 0 Å². The van der Waals surface area contributed by atoms with E-state index >= 15 is 0 Å². The molecule has 0 aromatic heterocycles. The summed E-state index contributed by atoms with van der Waals surface area (Å²) in [6, 6.07) is 17.8. The van der Waals surface area contributed by atoms with Crippen LogP contribution in [0.25, 0.3) is 10.8 Å². The number of ether oxygens (including phenoxy) is 1. The van der Waals surface area contributed by atoms with Gasteiger partial charge in [-0.05, 0) is 53.9 Å². The van der Waals surface area contributed by atoms with Crippen molar-refractivity contribution in [2.45, 2.75) is 24.7 Å². The van der Waals surface area contributed by atoms with Gasteiger partial charge in [0.1, 0.15) is 5.75 Å². The molecule has 140 valence electrons. The van der Waals surface area contributed by atoms with Gasteiger partial charge in [-0.3, -0.25) is 4.79 Å². The molecule has 3 aromatic carbocycles. The average Bonchev–Trinajstić information content (AvgIpc) is 2.66. The molecule has 0 saturated carbocycles. The normalized spacial score (nSPS) is 12.6. The van der Waals surface area contributed by atoms with Crippen LogP contribution in [0.5, 0.6) is 5.75 Å². The number of fused-ring (bicyclic) bond motifs is 1. The first-order valence-electron chi connectivity index (χ1n) is 8.52. The van der Waals surface area contributed by atoms with E-state index in [4.69, 9.17) is 4.74 Å². The molecule has 27 heavy (non-hydrogen) atoms. The number of hydrogen-bond donors (Lipinski definition) is 1. The van der Waals surface area contributed by atoms with Crippen LogP contribution in [0.2, 0.25) is 0 Å². The molecule has 6 heteroatoms. The molecule has 3 aromatic rings. The number of rotatable bonds is 5. The van der Waals surface area contributed by atoms with Crippen LogP contribution in [0.1, 0.15) is 24.0 Å². The summed E-state index contributed by atoms with van der Waals surface area (Å²) in [5.41, 5.74) is 1.33. The molecule has 0 aliphatic rings. The highest BCUT2D eigenvalue weighted by Crippen LogP contribution is 2.25. The summed E-state index contributed by atoms with van der Waals surface area (Å²) in [6.07, 6.45) is 0. The molecule has 0 aliphatic heterocycles. The lowest BCUT2D eigenvalue weighted by Gasteiger charge is -2.15. The van der Waals surface area contributed by atoms with Crippen LogP contribution in [0.3, 0.4) is 0 Å². The molecule has 1 unspecified atom stereocenters. The maximum atomic E-state index is 12.6. The molecule has 3 rings (SSSR count). The number of methoxy groups -OCH3 is 1. The number of carbonyl (C=O) groups is 1. The highest BCUT2D eigenvalue weighted by molar-refractivity contribution is 7.90. The Hall–Kier alpha value is -2.86.